The second-order valence-electron chi connectivity index (χ2n) is 6.46. The minimum Gasteiger partial charge on any atom is -0.0623 e. The van der Waals surface area contributed by atoms with E-state index in [1.807, 2.05) is 0 Å². The third-order valence-electron chi connectivity index (χ3n) is 5.11. The van der Waals surface area contributed by atoms with Gasteiger partial charge in [-0.05, 0) is 36.0 Å². The summed E-state index contributed by atoms with van der Waals surface area (Å²) >= 11 is 0. The van der Waals surface area contributed by atoms with Gasteiger partial charge in [0.05, 0.1) is 0 Å². The van der Waals surface area contributed by atoms with Crippen molar-refractivity contribution in [2.24, 2.45) is 23.2 Å². The van der Waals surface area contributed by atoms with Gasteiger partial charge in [-0.1, -0.05) is 52.9 Å². The predicted octanol–water partition coefficient (Wildman–Crippen LogP) is 4.64. The van der Waals surface area contributed by atoms with Gasteiger partial charge in [0, 0.05) is 0 Å². The summed E-state index contributed by atoms with van der Waals surface area (Å²) in [4.78, 5) is 0. The van der Waals surface area contributed by atoms with Crippen molar-refractivity contribution >= 4 is 0 Å². The summed E-state index contributed by atoms with van der Waals surface area (Å²) in [5.74, 6) is 3.01. The van der Waals surface area contributed by atoms with Crippen molar-refractivity contribution < 1.29 is 0 Å². The van der Waals surface area contributed by atoms with E-state index in [1.165, 1.54) is 44.9 Å². The molecular weight excluding hydrogens is 168 g/mol. The summed E-state index contributed by atoms with van der Waals surface area (Å²) in [6.07, 6.45) is 10.7. The SMILES string of the molecule is CC(C)C1(C)CC2CCCC(CC2)C1. The molecule has 2 saturated carbocycles. The lowest BCUT2D eigenvalue weighted by Crippen LogP contribution is -2.28. The summed E-state index contributed by atoms with van der Waals surface area (Å²) in [6.45, 7) is 7.41. The van der Waals surface area contributed by atoms with Gasteiger partial charge >= 0.3 is 0 Å². The Morgan fingerprint density at radius 1 is 0.929 bits per heavy atom. The largest absolute Gasteiger partial charge is 0.0623 e. The smallest absolute Gasteiger partial charge is 0.0298 e. The molecule has 0 aliphatic heterocycles. The quantitative estimate of drug-likeness (QED) is 0.570. The van der Waals surface area contributed by atoms with Gasteiger partial charge in [-0.25, -0.2) is 0 Å². The predicted molar refractivity (Wildman–Crippen MR) is 62.2 cm³/mol. The van der Waals surface area contributed by atoms with Crippen LogP contribution in [0.1, 0.15) is 65.7 Å². The first kappa shape index (κ1) is 10.5. The van der Waals surface area contributed by atoms with E-state index in [0.717, 1.165) is 17.8 Å². The Labute approximate surface area is 89.5 Å². The molecule has 0 heterocycles. The number of fused-ring (bicyclic) bond motifs is 3. The normalized spacial score (nSPS) is 43.7. The van der Waals surface area contributed by atoms with Gasteiger partial charge < -0.3 is 0 Å². The van der Waals surface area contributed by atoms with Gasteiger partial charge in [-0.2, -0.15) is 0 Å². The first-order valence-corrected chi connectivity index (χ1v) is 6.60. The summed E-state index contributed by atoms with van der Waals surface area (Å²) in [7, 11) is 0. The van der Waals surface area contributed by atoms with Gasteiger partial charge in [0.25, 0.3) is 0 Å². The third kappa shape index (κ3) is 1.99. The molecule has 2 aliphatic rings. The Hall–Kier alpha value is 0. The first-order chi connectivity index (χ1) is 6.60. The van der Waals surface area contributed by atoms with Gasteiger partial charge in [0.15, 0.2) is 0 Å². The summed E-state index contributed by atoms with van der Waals surface area (Å²) in [5, 5.41) is 0. The van der Waals surface area contributed by atoms with E-state index in [0.29, 0.717) is 5.41 Å². The van der Waals surface area contributed by atoms with Gasteiger partial charge in [-0.15, -0.1) is 0 Å². The lowest BCUT2D eigenvalue weighted by Gasteiger charge is -2.38. The maximum Gasteiger partial charge on any atom is -0.0298 e. The highest BCUT2D eigenvalue weighted by Crippen LogP contribution is 2.49. The molecule has 0 spiro atoms. The first-order valence-electron chi connectivity index (χ1n) is 6.60. The molecule has 14 heavy (non-hydrogen) atoms. The topological polar surface area (TPSA) is 0 Å². The molecule has 82 valence electrons. The summed E-state index contributed by atoms with van der Waals surface area (Å²) in [5.41, 5.74) is 0.659. The van der Waals surface area contributed by atoms with Crippen molar-refractivity contribution in [3.63, 3.8) is 0 Å². The minimum absolute atomic E-state index is 0.659. The highest BCUT2D eigenvalue weighted by molar-refractivity contribution is 4.89. The molecule has 2 fully saturated rings. The van der Waals surface area contributed by atoms with Crippen LogP contribution < -0.4 is 0 Å². The van der Waals surface area contributed by atoms with Crippen LogP contribution in [0, 0.1) is 23.2 Å². The number of rotatable bonds is 1. The number of hydrogen-bond donors (Lipinski definition) is 0. The molecule has 2 aliphatic carbocycles. The second kappa shape index (κ2) is 3.87. The Morgan fingerprint density at radius 2 is 1.43 bits per heavy atom. The van der Waals surface area contributed by atoms with E-state index in [4.69, 9.17) is 0 Å². The molecule has 0 aromatic rings. The zero-order valence-electron chi connectivity index (χ0n) is 10.2. The van der Waals surface area contributed by atoms with Crippen molar-refractivity contribution in [1.29, 1.82) is 0 Å². The molecular formula is C14H26. The maximum absolute atomic E-state index is 2.55. The highest BCUT2D eigenvalue weighted by Gasteiger charge is 2.38. The van der Waals surface area contributed by atoms with Gasteiger partial charge in [0.2, 0.25) is 0 Å². The van der Waals surface area contributed by atoms with Gasteiger partial charge in [-0.3, -0.25) is 0 Å². The van der Waals surface area contributed by atoms with Crippen LogP contribution in [0.5, 0.6) is 0 Å². The molecule has 0 heteroatoms. The second-order valence-corrected chi connectivity index (χ2v) is 6.46. The van der Waals surface area contributed by atoms with Crippen LogP contribution in [0.4, 0.5) is 0 Å². The van der Waals surface area contributed by atoms with Gasteiger partial charge in [0.1, 0.15) is 0 Å². The standard InChI is InChI=1S/C14H26/c1-11(2)14(3)9-12-5-4-6-13(10-14)8-7-12/h11-13H,4-10H2,1-3H3. The van der Waals surface area contributed by atoms with Crippen molar-refractivity contribution in [3.05, 3.63) is 0 Å². The Bertz CT molecular complexity index is 178. The molecule has 0 aromatic heterocycles. The molecule has 0 saturated heterocycles. The average molecular weight is 194 g/mol. The van der Waals surface area contributed by atoms with Crippen LogP contribution in [-0.2, 0) is 0 Å². The molecule has 2 atom stereocenters. The maximum atomic E-state index is 2.55. The van der Waals surface area contributed by atoms with E-state index in [-0.39, 0.29) is 0 Å². The van der Waals surface area contributed by atoms with E-state index >= 15 is 0 Å². The Kier molecular flexibility index (Phi) is 2.91. The monoisotopic (exact) mass is 194 g/mol. The molecule has 0 aromatic carbocycles. The molecule has 0 amide bonds. The average Bonchev–Trinajstić information content (AvgIpc) is 2.36. The fraction of sp³-hybridized carbons (Fsp3) is 1.00. The fourth-order valence-electron chi connectivity index (χ4n) is 3.74. The molecule has 2 unspecified atom stereocenters. The Balaban J connectivity index is 2.15. The van der Waals surface area contributed by atoms with Crippen LogP contribution in [0.3, 0.4) is 0 Å². The molecule has 0 N–H and O–H groups in total. The lowest BCUT2D eigenvalue weighted by atomic mass is 9.67. The fourth-order valence-corrected chi connectivity index (χ4v) is 3.74. The third-order valence-corrected chi connectivity index (χ3v) is 5.11. The zero-order chi connectivity index (χ0) is 10.2. The molecule has 2 bridgehead atoms. The van der Waals surface area contributed by atoms with Crippen LogP contribution in [0.15, 0.2) is 0 Å². The van der Waals surface area contributed by atoms with Crippen LogP contribution in [0.2, 0.25) is 0 Å². The van der Waals surface area contributed by atoms with E-state index in [1.54, 1.807) is 0 Å². The van der Waals surface area contributed by atoms with Crippen LogP contribution in [0.25, 0.3) is 0 Å². The number of hydrogen-bond acceptors (Lipinski definition) is 0. The minimum atomic E-state index is 0.659. The zero-order valence-corrected chi connectivity index (χ0v) is 10.2. The Morgan fingerprint density at radius 3 is 1.86 bits per heavy atom. The van der Waals surface area contributed by atoms with Crippen molar-refractivity contribution in [1.82, 2.24) is 0 Å². The van der Waals surface area contributed by atoms with Crippen molar-refractivity contribution in [3.8, 4) is 0 Å². The lowest BCUT2D eigenvalue weighted by molar-refractivity contribution is 0.123. The molecule has 0 nitrogen and oxygen atoms in total. The van der Waals surface area contributed by atoms with E-state index < -0.39 is 0 Å². The summed E-state index contributed by atoms with van der Waals surface area (Å²) < 4.78 is 0. The van der Waals surface area contributed by atoms with E-state index in [2.05, 4.69) is 20.8 Å². The molecule has 2 rings (SSSR count). The van der Waals surface area contributed by atoms with Crippen LogP contribution in [-0.4, -0.2) is 0 Å². The van der Waals surface area contributed by atoms with Crippen molar-refractivity contribution in [2.75, 3.05) is 0 Å². The highest BCUT2D eigenvalue weighted by atomic mass is 14.4. The summed E-state index contributed by atoms with van der Waals surface area (Å²) in [6, 6.07) is 0. The van der Waals surface area contributed by atoms with Crippen LogP contribution >= 0.6 is 0 Å². The van der Waals surface area contributed by atoms with Crippen molar-refractivity contribution in [2.45, 2.75) is 65.7 Å². The van der Waals surface area contributed by atoms with E-state index in [9.17, 15) is 0 Å². The molecule has 0 radical (unpaired) electrons.